The van der Waals surface area contributed by atoms with E-state index in [-0.39, 0.29) is 6.04 Å². The molecule has 0 spiro atoms. The summed E-state index contributed by atoms with van der Waals surface area (Å²) >= 11 is 5.55. The zero-order valence-electron chi connectivity index (χ0n) is 8.44. The van der Waals surface area contributed by atoms with Crippen LogP contribution < -0.4 is 5.73 Å². The van der Waals surface area contributed by atoms with Crippen molar-refractivity contribution >= 4 is 11.6 Å². The van der Waals surface area contributed by atoms with E-state index in [9.17, 15) is 0 Å². The van der Waals surface area contributed by atoms with Gasteiger partial charge >= 0.3 is 0 Å². The van der Waals surface area contributed by atoms with Gasteiger partial charge in [-0.05, 0) is 12.5 Å². The molecule has 2 nitrogen and oxygen atoms in total. The minimum Gasteiger partial charge on any atom is -0.385 e. The third-order valence-corrected chi connectivity index (χ3v) is 2.61. The summed E-state index contributed by atoms with van der Waals surface area (Å²) in [6.45, 7) is 2.09. The first-order valence-electron chi connectivity index (χ1n) is 4.50. The standard InChI is InChI=1S/C11H15ClN2/c1-9(14(2)11(13)8-12)10-6-4-3-5-7-10/h3-9H,13H2,1-2H3/b11-8-/t9-/m0/s1. The van der Waals surface area contributed by atoms with Crippen molar-refractivity contribution in [3.05, 3.63) is 47.3 Å². The van der Waals surface area contributed by atoms with Gasteiger partial charge in [0.25, 0.3) is 0 Å². The molecular weight excluding hydrogens is 196 g/mol. The number of halogens is 1. The Hall–Kier alpha value is -1.15. The maximum Gasteiger partial charge on any atom is 0.110 e. The van der Waals surface area contributed by atoms with Crippen molar-refractivity contribution in [2.45, 2.75) is 13.0 Å². The van der Waals surface area contributed by atoms with Gasteiger partial charge in [-0.3, -0.25) is 0 Å². The molecule has 0 bridgehead atoms. The first-order chi connectivity index (χ1) is 6.66. The molecule has 0 aliphatic heterocycles. The minimum absolute atomic E-state index is 0.228. The van der Waals surface area contributed by atoms with E-state index in [1.54, 1.807) is 0 Å². The predicted molar refractivity (Wildman–Crippen MR) is 60.7 cm³/mol. The summed E-state index contributed by atoms with van der Waals surface area (Å²) in [6.07, 6.45) is 0. The summed E-state index contributed by atoms with van der Waals surface area (Å²) in [6, 6.07) is 10.4. The summed E-state index contributed by atoms with van der Waals surface area (Å²) < 4.78 is 0. The van der Waals surface area contributed by atoms with Gasteiger partial charge in [0, 0.05) is 12.6 Å². The highest BCUT2D eigenvalue weighted by atomic mass is 35.5. The first kappa shape index (κ1) is 10.9. The number of nitrogens with zero attached hydrogens (tertiary/aromatic N) is 1. The van der Waals surface area contributed by atoms with Crippen LogP contribution in [-0.2, 0) is 0 Å². The van der Waals surface area contributed by atoms with Gasteiger partial charge in [-0.15, -0.1) is 0 Å². The fraction of sp³-hybridized carbons (Fsp3) is 0.273. The fourth-order valence-electron chi connectivity index (χ4n) is 1.26. The zero-order valence-corrected chi connectivity index (χ0v) is 9.20. The molecule has 0 aromatic heterocycles. The lowest BCUT2D eigenvalue weighted by molar-refractivity contribution is 0.327. The molecule has 0 heterocycles. The molecule has 0 fully saturated rings. The van der Waals surface area contributed by atoms with Crippen LogP contribution in [0.3, 0.4) is 0 Å². The van der Waals surface area contributed by atoms with E-state index in [1.807, 2.05) is 30.1 Å². The van der Waals surface area contributed by atoms with E-state index >= 15 is 0 Å². The largest absolute Gasteiger partial charge is 0.385 e. The Morgan fingerprint density at radius 3 is 2.50 bits per heavy atom. The second kappa shape index (κ2) is 4.91. The predicted octanol–water partition coefficient (Wildman–Crippen LogP) is 2.68. The van der Waals surface area contributed by atoms with Gasteiger partial charge in [0.2, 0.25) is 0 Å². The Labute approximate surface area is 90.0 Å². The van der Waals surface area contributed by atoms with Crippen LogP contribution in [0, 0.1) is 0 Å². The summed E-state index contributed by atoms with van der Waals surface area (Å²) in [5.41, 5.74) is 8.32. The van der Waals surface area contributed by atoms with Crippen molar-refractivity contribution in [3.8, 4) is 0 Å². The van der Waals surface area contributed by atoms with E-state index in [0.29, 0.717) is 5.82 Å². The van der Waals surface area contributed by atoms with Crippen molar-refractivity contribution in [2.24, 2.45) is 5.73 Å². The molecule has 0 radical (unpaired) electrons. The smallest absolute Gasteiger partial charge is 0.110 e. The SMILES string of the molecule is C[C@@H](c1ccccc1)N(C)/C(N)=C\Cl. The van der Waals surface area contributed by atoms with E-state index in [4.69, 9.17) is 17.3 Å². The van der Waals surface area contributed by atoms with Crippen molar-refractivity contribution < 1.29 is 0 Å². The molecule has 0 amide bonds. The molecule has 0 aliphatic carbocycles. The Kier molecular flexibility index (Phi) is 3.84. The number of nitrogens with two attached hydrogens (primary N) is 1. The third-order valence-electron chi connectivity index (χ3n) is 2.38. The molecule has 3 heteroatoms. The summed E-state index contributed by atoms with van der Waals surface area (Å²) in [5, 5.41) is 0. The van der Waals surface area contributed by atoms with Crippen LogP contribution in [0.4, 0.5) is 0 Å². The molecule has 0 saturated carbocycles. The van der Waals surface area contributed by atoms with Crippen molar-refractivity contribution in [3.63, 3.8) is 0 Å². The molecular formula is C11H15ClN2. The summed E-state index contributed by atoms with van der Waals surface area (Å²) in [5.74, 6) is 0.572. The topological polar surface area (TPSA) is 29.3 Å². The van der Waals surface area contributed by atoms with Crippen LogP contribution in [0.5, 0.6) is 0 Å². The van der Waals surface area contributed by atoms with E-state index < -0.39 is 0 Å². The van der Waals surface area contributed by atoms with E-state index in [2.05, 4.69) is 19.1 Å². The summed E-state index contributed by atoms with van der Waals surface area (Å²) in [7, 11) is 1.92. The molecule has 1 aromatic carbocycles. The lowest BCUT2D eigenvalue weighted by atomic mass is 10.1. The number of hydrogen-bond acceptors (Lipinski definition) is 2. The maximum atomic E-state index is 5.71. The van der Waals surface area contributed by atoms with Crippen LogP contribution in [0.25, 0.3) is 0 Å². The monoisotopic (exact) mass is 210 g/mol. The van der Waals surface area contributed by atoms with Crippen molar-refractivity contribution in [2.75, 3.05) is 7.05 Å². The number of benzene rings is 1. The van der Waals surface area contributed by atoms with Crippen molar-refractivity contribution in [1.29, 1.82) is 0 Å². The van der Waals surface area contributed by atoms with Gasteiger partial charge < -0.3 is 10.6 Å². The normalized spacial score (nSPS) is 13.8. The average molecular weight is 211 g/mol. The summed E-state index contributed by atoms with van der Waals surface area (Å²) in [4.78, 5) is 1.93. The molecule has 0 saturated heterocycles. The van der Waals surface area contributed by atoms with Crippen LogP contribution >= 0.6 is 11.6 Å². The number of rotatable bonds is 3. The van der Waals surface area contributed by atoms with Gasteiger partial charge in [0.15, 0.2) is 0 Å². The van der Waals surface area contributed by atoms with E-state index in [0.717, 1.165) is 0 Å². The van der Waals surface area contributed by atoms with Gasteiger partial charge in [-0.1, -0.05) is 41.9 Å². The molecule has 2 N–H and O–H groups in total. The fourth-order valence-corrected chi connectivity index (χ4v) is 1.41. The molecule has 1 atom stereocenters. The molecule has 0 aliphatic rings. The van der Waals surface area contributed by atoms with Gasteiger partial charge in [0.1, 0.15) is 5.82 Å². The van der Waals surface area contributed by atoms with Crippen LogP contribution in [0.1, 0.15) is 18.5 Å². The highest BCUT2D eigenvalue weighted by Gasteiger charge is 2.11. The third kappa shape index (κ3) is 2.42. The minimum atomic E-state index is 0.228. The Morgan fingerprint density at radius 1 is 1.43 bits per heavy atom. The van der Waals surface area contributed by atoms with Gasteiger partial charge in [-0.2, -0.15) is 0 Å². The van der Waals surface area contributed by atoms with Crippen LogP contribution in [-0.4, -0.2) is 11.9 Å². The lowest BCUT2D eigenvalue weighted by Gasteiger charge is -2.26. The Morgan fingerprint density at radius 2 is 2.00 bits per heavy atom. The Balaban J connectivity index is 2.81. The van der Waals surface area contributed by atoms with Gasteiger partial charge in [0.05, 0.1) is 6.04 Å². The van der Waals surface area contributed by atoms with Crippen molar-refractivity contribution in [1.82, 2.24) is 4.90 Å². The second-order valence-corrected chi connectivity index (χ2v) is 3.45. The zero-order chi connectivity index (χ0) is 10.6. The average Bonchev–Trinajstić information content (AvgIpc) is 2.27. The highest BCUT2D eigenvalue weighted by Crippen LogP contribution is 2.20. The molecule has 76 valence electrons. The second-order valence-electron chi connectivity index (χ2n) is 3.23. The Bertz CT molecular complexity index is 308. The quantitative estimate of drug-likeness (QED) is 0.831. The van der Waals surface area contributed by atoms with Crippen LogP contribution in [0.15, 0.2) is 41.7 Å². The number of hydrogen-bond donors (Lipinski definition) is 1. The molecule has 14 heavy (non-hydrogen) atoms. The molecule has 0 unspecified atom stereocenters. The van der Waals surface area contributed by atoms with Gasteiger partial charge in [-0.25, -0.2) is 0 Å². The highest BCUT2D eigenvalue weighted by molar-refractivity contribution is 6.25. The lowest BCUT2D eigenvalue weighted by Crippen LogP contribution is -2.26. The van der Waals surface area contributed by atoms with Crippen LogP contribution in [0.2, 0.25) is 0 Å². The maximum absolute atomic E-state index is 5.71. The molecule has 1 rings (SSSR count). The molecule has 1 aromatic rings. The first-order valence-corrected chi connectivity index (χ1v) is 4.94. The van der Waals surface area contributed by atoms with E-state index in [1.165, 1.54) is 11.1 Å².